The molecule has 0 bridgehead atoms. The third-order valence-corrected chi connectivity index (χ3v) is 7.52. The lowest BCUT2D eigenvalue weighted by atomic mass is 10.1. The summed E-state index contributed by atoms with van der Waals surface area (Å²) >= 11 is 0. The van der Waals surface area contributed by atoms with E-state index in [0.29, 0.717) is 53.4 Å². The van der Waals surface area contributed by atoms with Gasteiger partial charge in [-0.2, -0.15) is 0 Å². The molecule has 5 rings (SSSR count). The van der Waals surface area contributed by atoms with Gasteiger partial charge in [0.25, 0.3) is 0 Å². The van der Waals surface area contributed by atoms with Gasteiger partial charge in [0.1, 0.15) is 11.6 Å². The summed E-state index contributed by atoms with van der Waals surface area (Å²) in [6.45, 7) is 4.54. The maximum atomic E-state index is 15.2. The van der Waals surface area contributed by atoms with Gasteiger partial charge in [0.15, 0.2) is 23.1 Å². The van der Waals surface area contributed by atoms with Crippen LogP contribution >= 0.6 is 0 Å². The lowest BCUT2D eigenvalue weighted by Gasteiger charge is -2.14. The highest BCUT2D eigenvalue weighted by atomic mass is 19.1. The number of carbonyl (C=O) groups excluding carboxylic acids is 2. The summed E-state index contributed by atoms with van der Waals surface area (Å²) in [5.41, 5.74) is 6.15. The van der Waals surface area contributed by atoms with Crippen LogP contribution in [0.3, 0.4) is 0 Å². The molecule has 1 heterocycles. The number of benzene rings is 3. The second-order valence-corrected chi connectivity index (χ2v) is 10.8. The molecule has 0 spiro atoms. The zero-order chi connectivity index (χ0) is 30.7. The van der Waals surface area contributed by atoms with Crippen molar-refractivity contribution in [2.24, 2.45) is 23.0 Å². The van der Waals surface area contributed by atoms with Crippen LogP contribution in [0, 0.1) is 28.9 Å². The molecule has 4 aromatic rings. The number of halogens is 2. The number of methoxy groups -OCH3 is 1. The maximum absolute atomic E-state index is 15.2. The lowest BCUT2D eigenvalue weighted by molar-refractivity contribution is -0.122. The second kappa shape index (κ2) is 12.2. The molecule has 0 saturated heterocycles. The van der Waals surface area contributed by atoms with E-state index in [-0.39, 0.29) is 17.3 Å². The smallest absolute Gasteiger partial charge is 0.228 e. The van der Waals surface area contributed by atoms with Crippen LogP contribution in [0.15, 0.2) is 66.9 Å². The Morgan fingerprint density at radius 1 is 0.884 bits per heavy atom. The number of fused-ring (bicyclic) bond motifs is 1. The van der Waals surface area contributed by atoms with Crippen LogP contribution in [0.2, 0.25) is 0 Å². The SMILES string of the molecule is COc1cc2c(Oc3ccc(NC(=O)[C@H]4[C@@H](C(=O)Nc5ccc(F)cc5)C4(C)C)cc3F)ccnc2cc1OCCCN. The Bertz CT molecular complexity index is 1660. The molecule has 4 N–H and O–H groups in total. The van der Waals surface area contributed by atoms with Crippen molar-refractivity contribution in [2.75, 3.05) is 30.9 Å². The van der Waals surface area contributed by atoms with Gasteiger partial charge < -0.3 is 30.6 Å². The van der Waals surface area contributed by atoms with Gasteiger partial charge in [0, 0.05) is 35.1 Å². The Hall–Kier alpha value is -4.77. The molecule has 0 radical (unpaired) electrons. The monoisotopic (exact) mass is 590 g/mol. The van der Waals surface area contributed by atoms with E-state index in [1.807, 2.05) is 13.8 Å². The normalized spacial score (nSPS) is 16.8. The van der Waals surface area contributed by atoms with Crippen molar-refractivity contribution >= 4 is 34.1 Å². The van der Waals surface area contributed by atoms with Gasteiger partial charge in [-0.1, -0.05) is 13.8 Å². The number of anilines is 2. The van der Waals surface area contributed by atoms with Crippen LogP contribution in [0.4, 0.5) is 20.2 Å². The quantitative estimate of drug-likeness (QED) is 0.186. The first-order chi connectivity index (χ1) is 20.6. The molecule has 11 heteroatoms. The highest BCUT2D eigenvalue weighted by Crippen LogP contribution is 2.59. The Kier molecular flexibility index (Phi) is 8.45. The van der Waals surface area contributed by atoms with Crippen LogP contribution in [0.1, 0.15) is 20.3 Å². The number of hydrogen-bond acceptors (Lipinski definition) is 7. The summed E-state index contributed by atoms with van der Waals surface area (Å²) in [4.78, 5) is 30.3. The van der Waals surface area contributed by atoms with Crippen LogP contribution < -0.4 is 30.6 Å². The largest absolute Gasteiger partial charge is 0.493 e. The maximum Gasteiger partial charge on any atom is 0.228 e. The molecular formula is C32H32F2N4O5. The second-order valence-electron chi connectivity index (χ2n) is 10.8. The number of hydrogen-bond donors (Lipinski definition) is 3. The zero-order valence-corrected chi connectivity index (χ0v) is 23.9. The van der Waals surface area contributed by atoms with E-state index < -0.39 is 34.8 Å². The van der Waals surface area contributed by atoms with Gasteiger partial charge in [-0.25, -0.2) is 8.78 Å². The minimum atomic E-state index is -0.697. The summed E-state index contributed by atoms with van der Waals surface area (Å²) < 4.78 is 45.5. The topological polar surface area (TPSA) is 125 Å². The third kappa shape index (κ3) is 6.36. The van der Waals surface area contributed by atoms with Gasteiger partial charge in [-0.3, -0.25) is 14.6 Å². The van der Waals surface area contributed by atoms with E-state index in [1.54, 1.807) is 24.4 Å². The minimum absolute atomic E-state index is 0.0592. The number of carbonyl (C=O) groups is 2. The average Bonchev–Trinajstić information content (AvgIpc) is 3.57. The molecule has 3 aromatic carbocycles. The van der Waals surface area contributed by atoms with Crippen LogP contribution in [0.5, 0.6) is 23.0 Å². The van der Waals surface area contributed by atoms with Gasteiger partial charge in [-0.15, -0.1) is 0 Å². The number of rotatable bonds is 11. The summed E-state index contributed by atoms with van der Waals surface area (Å²) in [5.74, 6) is -1.84. The Morgan fingerprint density at radius 2 is 1.56 bits per heavy atom. The molecule has 1 aromatic heterocycles. The predicted octanol–water partition coefficient (Wildman–Crippen LogP) is 5.89. The molecule has 2 atom stereocenters. The molecule has 2 amide bonds. The van der Waals surface area contributed by atoms with Crippen molar-refractivity contribution in [3.8, 4) is 23.0 Å². The highest BCUT2D eigenvalue weighted by molar-refractivity contribution is 6.04. The Morgan fingerprint density at radius 3 is 2.21 bits per heavy atom. The fourth-order valence-corrected chi connectivity index (χ4v) is 5.12. The fourth-order valence-electron chi connectivity index (χ4n) is 5.12. The van der Waals surface area contributed by atoms with E-state index in [4.69, 9.17) is 19.9 Å². The van der Waals surface area contributed by atoms with Crippen molar-refractivity contribution in [3.63, 3.8) is 0 Å². The molecule has 224 valence electrons. The van der Waals surface area contributed by atoms with Crippen LogP contribution in [-0.4, -0.2) is 37.1 Å². The number of nitrogens with one attached hydrogen (secondary N) is 2. The zero-order valence-electron chi connectivity index (χ0n) is 23.9. The van der Waals surface area contributed by atoms with Crippen molar-refractivity contribution in [1.82, 2.24) is 4.98 Å². The number of nitrogens with zero attached hydrogens (tertiary/aromatic N) is 1. The summed E-state index contributed by atoms with van der Waals surface area (Å²) in [6.07, 6.45) is 2.22. The molecule has 1 aliphatic carbocycles. The Labute approximate surface area is 247 Å². The number of amides is 2. The van der Waals surface area contributed by atoms with Gasteiger partial charge in [0.2, 0.25) is 11.8 Å². The first-order valence-corrected chi connectivity index (χ1v) is 13.8. The number of pyridine rings is 1. The fraction of sp³-hybridized carbons (Fsp3) is 0.281. The van der Waals surface area contributed by atoms with Crippen molar-refractivity contribution in [1.29, 1.82) is 0 Å². The highest BCUT2D eigenvalue weighted by Gasteiger charge is 2.65. The number of aromatic nitrogens is 1. The summed E-state index contributed by atoms with van der Waals surface area (Å²) in [5, 5.41) is 6.02. The van der Waals surface area contributed by atoms with E-state index in [2.05, 4.69) is 15.6 Å². The molecule has 0 unspecified atom stereocenters. The number of nitrogens with two attached hydrogens (primary N) is 1. The molecule has 9 nitrogen and oxygen atoms in total. The van der Waals surface area contributed by atoms with Crippen LogP contribution in [-0.2, 0) is 9.59 Å². The molecular weight excluding hydrogens is 558 g/mol. The molecule has 1 aliphatic rings. The average molecular weight is 591 g/mol. The van der Waals surface area contributed by atoms with Crippen molar-refractivity contribution in [2.45, 2.75) is 20.3 Å². The van der Waals surface area contributed by atoms with E-state index in [0.717, 1.165) is 6.07 Å². The standard InChI is InChI=1S/C32H32F2N4O5/c1-32(2)28(30(39)37-19-7-5-18(33)6-8-19)29(32)31(40)38-20-9-10-25(22(34)15-20)43-24-11-13-36-23-17-27(42-14-4-12-35)26(41-3)16-21(23)24/h5-11,13,15-17,28-29H,4,12,14,35H2,1-3H3,(H,37,39)(H,38,40)/t28-,29+/m0/s1. The first kappa shape index (κ1) is 29.7. The van der Waals surface area contributed by atoms with Gasteiger partial charge in [-0.05, 0) is 66.9 Å². The van der Waals surface area contributed by atoms with E-state index in [9.17, 15) is 14.0 Å². The van der Waals surface area contributed by atoms with E-state index in [1.165, 1.54) is 43.5 Å². The molecule has 1 fully saturated rings. The number of ether oxygens (including phenoxy) is 3. The molecule has 1 saturated carbocycles. The predicted molar refractivity (Wildman–Crippen MR) is 158 cm³/mol. The molecule has 0 aliphatic heterocycles. The summed E-state index contributed by atoms with van der Waals surface area (Å²) in [7, 11) is 1.52. The Balaban J connectivity index is 1.27. The van der Waals surface area contributed by atoms with Crippen molar-refractivity contribution in [3.05, 3.63) is 78.5 Å². The van der Waals surface area contributed by atoms with Gasteiger partial charge >= 0.3 is 0 Å². The molecule has 43 heavy (non-hydrogen) atoms. The van der Waals surface area contributed by atoms with Crippen LogP contribution in [0.25, 0.3) is 10.9 Å². The minimum Gasteiger partial charge on any atom is -0.493 e. The van der Waals surface area contributed by atoms with E-state index >= 15 is 4.39 Å². The lowest BCUT2D eigenvalue weighted by Crippen LogP contribution is -2.20. The summed E-state index contributed by atoms with van der Waals surface area (Å²) in [6, 6.07) is 14.5. The third-order valence-electron chi connectivity index (χ3n) is 7.52. The first-order valence-electron chi connectivity index (χ1n) is 13.8. The van der Waals surface area contributed by atoms with Gasteiger partial charge in [0.05, 0.1) is 31.1 Å². The van der Waals surface area contributed by atoms with Crippen molar-refractivity contribution < 1.29 is 32.6 Å².